The third-order valence-electron chi connectivity index (χ3n) is 3.69. The fraction of sp³-hybridized carbons (Fsp3) is 0.429. The van der Waals surface area contributed by atoms with Gasteiger partial charge >= 0.3 is 0 Å². The average molecular weight is 262 g/mol. The van der Waals surface area contributed by atoms with E-state index >= 15 is 0 Å². The van der Waals surface area contributed by atoms with Crippen LogP contribution < -0.4 is 10.6 Å². The number of anilines is 1. The largest absolute Gasteiger partial charge is 0.380 e. The highest BCUT2D eigenvalue weighted by Crippen LogP contribution is 2.35. The summed E-state index contributed by atoms with van der Waals surface area (Å²) in [6, 6.07) is 8.54. The van der Waals surface area contributed by atoms with E-state index in [2.05, 4.69) is 41.6 Å². The van der Waals surface area contributed by atoms with Crippen molar-refractivity contribution in [2.75, 3.05) is 38.3 Å². The average Bonchev–Trinajstić information content (AvgIpc) is 2.77. The summed E-state index contributed by atoms with van der Waals surface area (Å²) in [5.41, 5.74) is 7.33. The first-order valence-electron chi connectivity index (χ1n) is 6.19. The first-order valence-corrected chi connectivity index (χ1v) is 7.07. The molecule has 0 spiro atoms. The predicted octanol–water partition coefficient (Wildman–Crippen LogP) is 2.31. The number of nitrogens with two attached hydrogens (primary N) is 1. The van der Waals surface area contributed by atoms with E-state index in [-0.39, 0.29) is 5.41 Å². The van der Waals surface area contributed by atoms with Gasteiger partial charge in [-0.3, -0.25) is 0 Å². The van der Waals surface area contributed by atoms with E-state index in [1.807, 2.05) is 0 Å². The number of hydrogen-bond donors (Lipinski definition) is 1. The van der Waals surface area contributed by atoms with Crippen LogP contribution in [0.4, 0.5) is 5.69 Å². The standard InChI is InChI=1S/C14H18N2OS/c1-16(8-14(7-15)9-17-10-14)12-6-18-13-5-3-2-4-11(12)13/h2-6H,7-10,15H2,1H3. The second-order valence-corrected chi connectivity index (χ2v) is 6.08. The minimum atomic E-state index is 0.151. The zero-order valence-electron chi connectivity index (χ0n) is 10.6. The highest BCUT2D eigenvalue weighted by Gasteiger charge is 2.38. The van der Waals surface area contributed by atoms with Crippen molar-refractivity contribution in [1.82, 2.24) is 0 Å². The Kier molecular flexibility index (Phi) is 3.01. The van der Waals surface area contributed by atoms with Gasteiger partial charge < -0.3 is 15.4 Å². The Morgan fingerprint density at radius 3 is 2.83 bits per heavy atom. The molecular formula is C14H18N2OS. The van der Waals surface area contributed by atoms with Crippen molar-refractivity contribution in [3.05, 3.63) is 29.6 Å². The molecule has 96 valence electrons. The van der Waals surface area contributed by atoms with Gasteiger partial charge in [-0.05, 0) is 6.07 Å². The second-order valence-electron chi connectivity index (χ2n) is 5.17. The van der Waals surface area contributed by atoms with Gasteiger partial charge in [-0.25, -0.2) is 0 Å². The summed E-state index contributed by atoms with van der Waals surface area (Å²) >= 11 is 1.80. The maximum atomic E-state index is 5.88. The molecule has 1 aliphatic heterocycles. The summed E-state index contributed by atoms with van der Waals surface area (Å²) in [7, 11) is 2.14. The molecule has 2 aromatic rings. The van der Waals surface area contributed by atoms with E-state index in [4.69, 9.17) is 10.5 Å². The van der Waals surface area contributed by atoms with Gasteiger partial charge in [-0.1, -0.05) is 18.2 Å². The van der Waals surface area contributed by atoms with E-state index in [9.17, 15) is 0 Å². The molecule has 4 heteroatoms. The summed E-state index contributed by atoms with van der Waals surface area (Å²) in [4.78, 5) is 2.31. The lowest BCUT2D eigenvalue weighted by molar-refractivity contribution is -0.101. The van der Waals surface area contributed by atoms with Gasteiger partial charge in [0.25, 0.3) is 0 Å². The molecule has 1 fully saturated rings. The van der Waals surface area contributed by atoms with Crippen LogP contribution in [0.3, 0.4) is 0 Å². The Labute approximate surface area is 111 Å². The van der Waals surface area contributed by atoms with Gasteiger partial charge in [0.2, 0.25) is 0 Å². The van der Waals surface area contributed by atoms with E-state index in [1.54, 1.807) is 11.3 Å². The summed E-state index contributed by atoms with van der Waals surface area (Å²) in [5.74, 6) is 0. The minimum absolute atomic E-state index is 0.151. The predicted molar refractivity (Wildman–Crippen MR) is 77.4 cm³/mol. The summed E-state index contributed by atoms with van der Waals surface area (Å²) in [6.45, 7) is 3.23. The molecule has 3 nitrogen and oxygen atoms in total. The molecular weight excluding hydrogens is 244 g/mol. The van der Waals surface area contributed by atoms with Crippen molar-refractivity contribution in [1.29, 1.82) is 0 Å². The summed E-state index contributed by atoms with van der Waals surface area (Å²) in [6.07, 6.45) is 0. The molecule has 18 heavy (non-hydrogen) atoms. The van der Waals surface area contributed by atoms with Crippen LogP contribution in [-0.2, 0) is 4.74 Å². The van der Waals surface area contributed by atoms with E-state index < -0.39 is 0 Å². The smallest absolute Gasteiger partial charge is 0.0574 e. The molecule has 0 bridgehead atoms. The van der Waals surface area contributed by atoms with Crippen molar-refractivity contribution in [2.45, 2.75) is 0 Å². The van der Waals surface area contributed by atoms with Gasteiger partial charge in [-0.15, -0.1) is 11.3 Å². The molecule has 0 unspecified atom stereocenters. The molecule has 0 saturated carbocycles. The normalized spacial score (nSPS) is 17.7. The monoisotopic (exact) mass is 262 g/mol. The Bertz CT molecular complexity index is 542. The van der Waals surface area contributed by atoms with Crippen molar-refractivity contribution in [3.8, 4) is 0 Å². The van der Waals surface area contributed by atoms with Crippen LogP contribution in [0.2, 0.25) is 0 Å². The lowest BCUT2D eigenvalue weighted by Crippen LogP contribution is -2.54. The number of ether oxygens (including phenoxy) is 1. The number of benzene rings is 1. The number of hydrogen-bond acceptors (Lipinski definition) is 4. The lowest BCUT2D eigenvalue weighted by Gasteiger charge is -2.43. The molecule has 1 aromatic carbocycles. The van der Waals surface area contributed by atoms with Gasteiger partial charge in [0.1, 0.15) is 0 Å². The second kappa shape index (κ2) is 4.53. The van der Waals surface area contributed by atoms with Crippen LogP contribution in [0.1, 0.15) is 0 Å². The molecule has 1 saturated heterocycles. The lowest BCUT2D eigenvalue weighted by atomic mass is 9.85. The van der Waals surface area contributed by atoms with E-state index in [0.717, 1.165) is 19.8 Å². The number of fused-ring (bicyclic) bond motifs is 1. The van der Waals surface area contributed by atoms with Crippen molar-refractivity contribution in [3.63, 3.8) is 0 Å². The van der Waals surface area contributed by atoms with Gasteiger partial charge in [-0.2, -0.15) is 0 Å². The molecule has 0 radical (unpaired) electrons. The maximum Gasteiger partial charge on any atom is 0.0574 e. The topological polar surface area (TPSA) is 38.5 Å². The Morgan fingerprint density at radius 2 is 2.17 bits per heavy atom. The van der Waals surface area contributed by atoms with Crippen LogP contribution in [0.15, 0.2) is 29.6 Å². The SMILES string of the molecule is CN(CC1(CN)COC1)c1csc2ccccc12. The van der Waals surface area contributed by atoms with Crippen molar-refractivity contribution < 1.29 is 4.74 Å². The van der Waals surface area contributed by atoms with E-state index in [0.29, 0.717) is 6.54 Å². The van der Waals surface area contributed by atoms with Crippen LogP contribution in [0, 0.1) is 5.41 Å². The fourth-order valence-electron chi connectivity index (χ4n) is 2.51. The van der Waals surface area contributed by atoms with E-state index in [1.165, 1.54) is 15.8 Å². The molecule has 0 aliphatic carbocycles. The number of thiophene rings is 1. The molecule has 2 N–H and O–H groups in total. The summed E-state index contributed by atoms with van der Waals surface area (Å²) in [5, 5.41) is 3.56. The van der Waals surface area contributed by atoms with Crippen LogP contribution in [-0.4, -0.2) is 33.4 Å². The van der Waals surface area contributed by atoms with Crippen molar-refractivity contribution in [2.24, 2.45) is 11.1 Å². The zero-order chi connectivity index (χ0) is 12.6. The van der Waals surface area contributed by atoms with Gasteiger partial charge in [0.05, 0.1) is 18.9 Å². The minimum Gasteiger partial charge on any atom is -0.380 e. The Morgan fingerprint density at radius 1 is 1.39 bits per heavy atom. The molecule has 1 aromatic heterocycles. The maximum absolute atomic E-state index is 5.88. The molecule has 0 amide bonds. The zero-order valence-corrected chi connectivity index (χ0v) is 11.4. The van der Waals surface area contributed by atoms with Crippen LogP contribution in [0.25, 0.3) is 10.1 Å². The highest BCUT2D eigenvalue weighted by molar-refractivity contribution is 7.17. The van der Waals surface area contributed by atoms with Gasteiger partial charge in [0.15, 0.2) is 0 Å². The van der Waals surface area contributed by atoms with Gasteiger partial charge in [0, 0.05) is 41.0 Å². The first kappa shape index (κ1) is 12.0. The summed E-state index contributed by atoms with van der Waals surface area (Å²) < 4.78 is 6.67. The molecule has 1 aliphatic rings. The van der Waals surface area contributed by atoms with Crippen LogP contribution >= 0.6 is 11.3 Å². The van der Waals surface area contributed by atoms with Crippen molar-refractivity contribution >= 4 is 27.1 Å². The number of nitrogens with zero attached hydrogens (tertiary/aromatic N) is 1. The Hall–Kier alpha value is -1.10. The quantitative estimate of drug-likeness (QED) is 0.919. The Balaban J connectivity index is 1.85. The highest BCUT2D eigenvalue weighted by atomic mass is 32.1. The van der Waals surface area contributed by atoms with Crippen LogP contribution in [0.5, 0.6) is 0 Å². The third kappa shape index (κ3) is 1.90. The number of rotatable bonds is 4. The molecule has 2 heterocycles. The third-order valence-corrected chi connectivity index (χ3v) is 4.64. The molecule has 0 atom stereocenters. The fourth-order valence-corrected chi connectivity index (χ4v) is 3.51. The first-order chi connectivity index (χ1) is 8.74. The molecule has 3 rings (SSSR count).